The molecular weight excluding hydrogens is 190 g/mol. The van der Waals surface area contributed by atoms with Gasteiger partial charge >= 0.3 is 0 Å². The molecule has 1 heterocycles. The smallest absolute Gasteiger partial charge is 0.0663 e. The predicted molar refractivity (Wildman–Crippen MR) is 63.4 cm³/mol. The molecule has 0 radical (unpaired) electrons. The first-order valence-corrected chi connectivity index (χ1v) is 5.91. The average Bonchev–Trinajstić information content (AvgIpc) is 2.69. The highest BCUT2D eigenvalue weighted by Gasteiger charge is 2.12. The zero-order valence-electron chi connectivity index (χ0n) is 8.79. The van der Waals surface area contributed by atoms with Crippen LogP contribution in [-0.2, 0) is 0 Å². The van der Waals surface area contributed by atoms with Crippen LogP contribution in [0.15, 0.2) is 17.5 Å². The second-order valence-corrected chi connectivity index (χ2v) is 4.39. The molecule has 0 aliphatic heterocycles. The Labute approximate surface area is 90.5 Å². The fourth-order valence-electron chi connectivity index (χ4n) is 1.44. The van der Waals surface area contributed by atoms with Crippen molar-refractivity contribution in [1.82, 2.24) is 5.32 Å². The number of hydrogen-bond donors (Lipinski definition) is 1. The van der Waals surface area contributed by atoms with Gasteiger partial charge in [0.1, 0.15) is 0 Å². The lowest BCUT2D eigenvalue weighted by Crippen LogP contribution is -2.28. The summed E-state index contributed by atoms with van der Waals surface area (Å²) in [7, 11) is 0. The number of rotatable bonds is 5. The largest absolute Gasteiger partial charge is 0.296 e. The highest BCUT2D eigenvalue weighted by atomic mass is 32.1. The second-order valence-electron chi connectivity index (χ2n) is 3.41. The maximum atomic E-state index is 5.36. The molecule has 2 unspecified atom stereocenters. The van der Waals surface area contributed by atoms with Gasteiger partial charge in [0.25, 0.3) is 0 Å². The molecule has 0 spiro atoms. The van der Waals surface area contributed by atoms with Crippen molar-refractivity contribution in [1.29, 1.82) is 0 Å². The van der Waals surface area contributed by atoms with Gasteiger partial charge in [0.2, 0.25) is 0 Å². The lowest BCUT2D eigenvalue weighted by atomic mass is 10.1. The molecule has 0 saturated carbocycles. The van der Waals surface area contributed by atoms with Crippen LogP contribution in [0.25, 0.3) is 0 Å². The van der Waals surface area contributed by atoms with Crippen LogP contribution in [0.4, 0.5) is 0 Å². The minimum Gasteiger partial charge on any atom is -0.296 e. The van der Waals surface area contributed by atoms with Crippen molar-refractivity contribution in [2.24, 2.45) is 0 Å². The number of nitrogens with one attached hydrogen (secondary N) is 1. The molecule has 1 N–H and O–H groups in total. The van der Waals surface area contributed by atoms with E-state index in [2.05, 4.69) is 35.7 Å². The molecule has 1 aromatic heterocycles. The molecule has 14 heavy (non-hydrogen) atoms. The first kappa shape index (κ1) is 11.3. The van der Waals surface area contributed by atoms with Gasteiger partial charge in [-0.05, 0) is 24.8 Å². The molecule has 0 aliphatic carbocycles. The SMILES string of the molecule is C#CC(C)NC(CCC)c1cccs1. The van der Waals surface area contributed by atoms with Crippen molar-refractivity contribution in [3.05, 3.63) is 22.4 Å². The third-order valence-corrected chi connectivity index (χ3v) is 3.15. The van der Waals surface area contributed by atoms with Crippen molar-refractivity contribution >= 4 is 11.3 Å². The van der Waals surface area contributed by atoms with Gasteiger partial charge in [-0.2, -0.15) is 0 Å². The molecule has 0 amide bonds. The summed E-state index contributed by atoms with van der Waals surface area (Å²) in [6.07, 6.45) is 7.68. The standard InChI is InChI=1S/C12H17NS/c1-4-7-11(13-10(3)5-2)12-8-6-9-14-12/h2,6,8-11,13H,4,7H2,1,3H3. The van der Waals surface area contributed by atoms with Crippen LogP contribution in [0.5, 0.6) is 0 Å². The minimum atomic E-state index is 0.147. The summed E-state index contributed by atoms with van der Waals surface area (Å²) in [5.41, 5.74) is 0. The van der Waals surface area contributed by atoms with E-state index in [1.807, 2.05) is 6.92 Å². The van der Waals surface area contributed by atoms with Gasteiger partial charge in [-0.25, -0.2) is 0 Å². The molecule has 1 aromatic rings. The first-order valence-electron chi connectivity index (χ1n) is 5.03. The number of thiophene rings is 1. The van der Waals surface area contributed by atoms with E-state index in [9.17, 15) is 0 Å². The summed E-state index contributed by atoms with van der Waals surface area (Å²) in [4.78, 5) is 1.38. The van der Waals surface area contributed by atoms with Crippen LogP contribution in [0.1, 0.15) is 37.6 Å². The lowest BCUT2D eigenvalue weighted by Gasteiger charge is -2.18. The Hall–Kier alpha value is -0.780. The molecule has 0 bridgehead atoms. The van der Waals surface area contributed by atoms with Crippen LogP contribution in [-0.4, -0.2) is 6.04 Å². The Bertz CT molecular complexity index is 284. The Morgan fingerprint density at radius 1 is 1.64 bits per heavy atom. The predicted octanol–water partition coefficient (Wildman–Crippen LogP) is 3.20. The summed E-state index contributed by atoms with van der Waals surface area (Å²) in [6.45, 7) is 4.22. The normalized spacial score (nSPS) is 14.6. The maximum absolute atomic E-state index is 5.36. The van der Waals surface area contributed by atoms with Gasteiger partial charge < -0.3 is 0 Å². The number of hydrogen-bond acceptors (Lipinski definition) is 2. The van der Waals surface area contributed by atoms with Crippen LogP contribution in [0.2, 0.25) is 0 Å². The molecule has 1 rings (SSSR count). The van der Waals surface area contributed by atoms with Crippen LogP contribution in [0.3, 0.4) is 0 Å². The third-order valence-electron chi connectivity index (χ3n) is 2.17. The Balaban J connectivity index is 2.61. The summed E-state index contributed by atoms with van der Waals surface area (Å²) in [5.74, 6) is 2.71. The van der Waals surface area contributed by atoms with Crippen LogP contribution in [0, 0.1) is 12.3 Å². The van der Waals surface area contributed by atoms with Gasteiger partial charge in [0, 0.05) is 10.9 Å². The van der Waals surface area contributed by atoms with E-state index < -0.39 is 0 Å². The quantitative estimate of drug-likeness (QED) is 0.731. The van der Waals surface area contributed by atoms with E-state index in [-0.39, 0.29) is 6.04 Å². The Morgan fingerprint density at radius 3 is 2.93 bits per heavy atom. The van der Waals surface area contributed by atoms with Gasteiger partial charge in [-0.3, -0.25) is 5.32 Å². The molecule has 0 aromatic carbocycles. The van der Waals surface area contributed by atoms with Crippen molar-refractivity contribution in [2.45, 2.75) is 38.8 Å². The monoisotopic (exact) mass is 207 g/mol. The van der Waals surface area contributed by atoms with E-state index in [1.54, 1.807) is 11.3 Å². The topological polar surface area (TPSA) is 12.0 Å². The van der Waals surface area contributed by atoms with Gasteiger partial charge in [-0.1, -0.05) is 25.3 Å². The summed E-state index contributed by atoms with van der Waals surface area (Å²) in [5, 5.41) is 5.56. The molecule has 0 saturated heterocycles. The molecule has 76 valence electrons. The third kappa shape index (κ3) is 3.17. The lowest BCUT2D eigenvalue weighted by molar-refractivity contribution is 0.482. The van der Waals surface area contributed by atoms with E-state index in [4.69, 9.17) is 6.42 Å². The Morgan fingerprint density at radius 2 is 2.43 bits per heavy atom. The highest BCUT2D eigenvalue weighted by molar-refractivity contribution is 7.10. The average molecular weight is 207 g/mol. The molecule has 0 aliphatic rings. The number of terminal acetylenes is 1. The molecule has 2 heteroatoms. The van der Waals surface area contributed by atoms with Gasteiger partial charge in [0.15, 0.2) is 0 Å². The van der Waals surface area contributed by atoms with Crippen molar-refractivity contribution < 1.29 is 0 Å². The Kier molecular flexibility index (Phi) is 4.72. The fraction of sp³-hybridized carbons (Fsp3) is 0.500. The zero-order valence-corrected chi connectivity index (χ0v) is 9.60. The molecular formula is C12H17NS. The summed E-state index contributed by atoms with van der Waals surface area (Å²) < 4.78 is 0. The second kappa shape index (κ2) is 5.85. The maximum Gasteiger partial charge on any atom is 0.0663 e. The minimum absolute atomic E-state index is 0.147. The van der Waals surface area contributed by atoms with Gasteiger partial charge in [0.05, 0.1) is 6.04 Å². The molecule has 0 fully saturated rings. The molecule has 1 nitrogen and oxygen atoms in total. The summed E-state index contributed by atoms with van der Waals surface area (Å²) in [6, 6.07) is 4.83. The highest BCUT2D eigenvalue weighted by Crippen LogP contribution is 2.23. The van der Waals surface area contributed by atoms with Crippen molar-refractivity contribution in [3.63, 3.8) is 0 Å². The van der Waals surface area contributed by atoms with Gasteiger partial charge in [-0.15, -0.1) is 17.8 Å². The van der Waals surface area contributed by atoms with Crippen molar-refractivity contribution in [2.75, 3.05) is 0 Å². The van der Waals surface area contributed by atoms with E-state index >= 15 is 0 Å². The molecule has 2 atom stereocenters. The first-order chi connectivity index (χ1) is 6.77. The summed E-state index contributed by atoms with van der Waals surface area (Å²) >= 11 is 1.79. The van der Waals surface area contributed by atoms with E-state index in [1.165, 1.54) is 11.3 Å². The van der Waals surface area contributed by atoms with Crippen LogP contribution < -0.4 is 5.32 Å². The fourth-order valence-corrected chi connectivity index (χ4v) is 2.26. The van der Waals surface area contributed by atoms with Crippen molar-refractivity contribution in [3.8, 4) is 12.3 Å². The van der Waals surface area contributed by atoms with E-state index in [0.29, 0.717) is 6.04 Å². The van der Waals surface area contributed by atoms with E-state index in [0.717, 1.165) is 6.42 Å². The van der Waals surface area contributed by atoms with Crippen LogP contribution >= 0.6 is 11.3 Å². The zero-order chi connectivity index (χ0) is 10.4.